The van der Waals surface area contributed by atoms with Crippen molar-refractivity contribution in [2.45, 2.75) is 6.42 Å². The van der Waals surface area contributed by atoms with Crippen molar-refractivity contribution in [1.29, 1.82) is 5.26 Å². The molecule has 26 heavy (non-hydrogen) atoms. The third-order valence-corrected chi connectivity index (χ3v) is 4.55. The molecule has 0 atom stereocenters. The summed E-state index contributed by atoms with van der Waals surface area (Å²) in [4.78, 5) is 17.6. The Balaban J connectivity index is 1.96. The lowest BCUT2D eigenvalue weighted by molar-refractivity contribution is 0.479. The van der Waals surface area contributed by atoms with Crippen LogP contribution in [0, 0.1) is 23.2 Å². The zero-order valence-electron chi connectivity index (χ0n) is 13.4. The Morgan fingerprint density at radius 3 is 2.81 bits per heavy atom. The van der Waals surface area contributed by atoms with Gasteiger partial charge in [0.1, 0.15) is 16.6 Å². The molecule has 0 fully saturated rings. The molecule has 0 aliphatic rings. The van der Waals surface area contributed by atoms with Gasteiger partial charge in [-0.05, 0) is 23.2 Å². The number of aromatic amines is 1. The molecule has 3 aromatic rings. The maximum Gasteiger partial charge on any atom is 0.270 e. The van der Waals surface area contributed by atoms with E-state index >= 15 is 0 Å². The summed E-state index contributed by atoms with van der Waals surface area (Å²) in [5.74, 6) is 5.60. The first-order chi connectivity index (χ1) is 12.7. The summed E-state index contributed by atoms with van der Waals surface area (Å²) < 4.78 is 0. The molecule has 126 valence electrons. The van der Waals surface area contributed by atoms with Gasteiger partial charge in [-0.3, -0.25) is 4.79 Å². The number of hydrogen-bond acceptors (Lipinski definition) is 5. The van der Waals surface area contributed by atoms with Gasteiger partial charge in [0.05, 0.1) is 5.39 Å². The lowest BCUT2D eigenvalue weighted by atomic mass is 10.0. The highest BCUT2D eigenvalue weighted by Crippen LogP contribution is 2.38. The van der Waals surface area contributed by atoms with Gasteiger partial charge in [-0.1, -0.05) is 29.1 Å². The fraction of sp³-hybridized carbons (Fsp3) is 0.111. The molecule has 0 spiro atoms. The molecule has 0 saturated heterocycles. The van der Waals surface area contributed by atoms with E-state index in [0.29, 0.717) is 23.2 Å². The molecular formula is C18H11N5O2S. The van der Waals surface area contributed by atoms with Crippen molar-refractivity contribution in [2.75, 3.05) is 6.54 Å². The fourth-order valence-corrected chi connectivity index (χ4v) is 3.41. The number of benzene rings is 1. The van der Waals surface area contributed by atoms with Crippen LogP contribution >= 0.6 is 11.3 Å². The minimum Gasteiger partial charge on any atom is -0.506 e. The third-order valence-electron chi connectivity index (χ3n) is 3.66. The molecule has 0 saturated carbocycles. The number of pyridine rings is 1. The number of hydrogen-bond donors (Lipinski definition) is 2. The molecule has 2 heterocycles. The second kappa shape index (κ2) is 7.45. The van der Waals surface area contributed by atoms with Gasteiger partial charge in [-0.2, -0.15) is 5.26 Å². The van der Waals surface area contributed by atoms with Crippen LogP contribution in [0.5, 0.6) is 5.75 Å². The highest BCUT2D eigenvalue weighted by Gasteiger charge is 2.17. The van der Waals surface area contributed by atoms with E-state index in [0.717, 1.165) is 16.7 Å². The predicted molar refractivity (Wildman–Crippen MR) is 99.8 cm³/mol. The molecule has 2 N–H and O–H groups in total. The van der Waals surface area contributed by atoms with Crippen LogP contribution in [0.4, 0.5) is 0 Å². The van der Waals surface area contributed by atoms with E-state index in [1.54, 1.807) is 6.07 Å². The number of H-pyrrole nitrogens is 1. The maximum atomic E-state index is 11.8. The molecule has 7 nitrogen and oxygen atoms in total. The average Bonchev–Trinajstić information content (AvgIpc) is 3.06. The Labute approximate surface area is 151 Å². The topological polar surface area (TPSA) is 126 Å². The van der Waals surface area contributed by atoms with Crippen molar-refractivity contribution in [1.82, 2.24) is 4.98 Å². The van der Waals surface area contributed by atoms with Crippen LogP contribution in [-0.2, 0) is 0 Å². The predicted octanol–water partition coefficient (Wildman–Crippen LogP) is 3.89. The second-order valence-corrected chi connectivity index (χ2v) is 6.11. The zero-order valence-corrected chi connectivity index (χ0v) is 14.2. The Kier molecular flexibility index (Phi) is 4.91. The number of fused-ring (bicyclic) bond motifs is 1. The van der Waals surface area contributed by atoms with Crippen molar-refractivity contribution < 1.29 is 5.11 Å². The molecule has 0 unspecified atom stereocenters. The molecule has 1 aromatic carbocycles. The van der Waals surface area contributed by atoms with Gasteiger partial charge < -0.3 is 10.1 Å². The zero-order chi connectivity index (χ0) is 18.5. The fourth-order valence-electron chi connectivity index (χ4n) is 2.45. The summed E-state index contributed by atoms with van der Waals surface area (Å²) in [6.45, 7) is 0.335. The molecular weight excluding hydrogens is 350 g/mol. The van der Waals surface area contributed by atoms with Crippen LogP contribution in [0.1, 0.15) is 17.5 Å². The number of nitrogens with zero attached hydrogens (tertiary/aromatic N) is 4. The number of aromatic nitrogens is 1. The van der Waals surface area contributed by atoms with Crippen LogP contribution < -0.4 is 5.56 Å². The van der Waals surface area contributed by atoms with Crippen molar-refractivity contribution in [3.05, 3.63) is 61.6 Å². The van der Waals surface area contributed by atoms with Gasteiger partial charge in [0.2, 0.25) is 0 Å². The Morgan fingerprint density at radius 2 is 2.12 bits per heavy atom. The van der Waals surface area contributed by atoms with Crippen LogP contribution in [0.15, 0.2) is 39.6 Å². The van der Waals surface area contributed by atoms with E-state index in [4.69, 9.17) is 10.8 Å². The lowest BCUT2D eigenvalue weighted by Crippen LogP contribution is -2.09. The quantitative estimate of drug-likeness (QED) is 0.242. The maximum absolute atomic E-state index is 11.8. The number of azide groups is 1. The van der Waals surface area contributed by atoms with Crippen LogP contribution in [0.25, 0.3) is 31.8 Å². The summed E-state index contributed by atoms with van der Waals surface area (Å²) in [7, 11) is 0. The smallest absolute Gasteiger partial charge is 0.270 e. The molecule has 2 aromatic heterocycles. The number of thiophene rings is 1. The summed E-state index contributed by atoms with van der Waals surface area (Å²) in [5.41, 5.74) is 9.69. The Hall–Kier alpha value is -3.71. The number of nitrogens with one attached hydrogen (secondary N) is 1. The highest BCUT2D eigenvalue weighted by atomic mass is 32.1. The molecule has 0 aliphatic heterocycles. The minimum atomic E-state index is -0.600. The van der Waals surface area contributed by atoms with Gasteiger partial charge in [0.25, 0.3) is 5.56 Å². The third kappa shape index (κ3) is 3.24. The van der Waals surface area contributed by atoms with Crippen LogP contribution in [-0.4, -0.2) is 16.6 Å². The number of nitriles is 1. The van der Waals surface area contributed by atoms with E-state index in [9.17, 15) is 9.90 Å². The SMILES string of the molecule is N#Cc1c(O)c2c(-c3ccc(C#CCCN=[N+]=[N-])cc3)csc2[nH]c1=O. The average molecular weight is 361 g/mol. The normalized spacial score (nSPS) is 9.81. The summed E-state index contributed by atoms with van der Waals surface area (Å²) >= 11 is 1.29. The Morgan fingerprint density at radius 1 is 1.35 bits per heavy atom. The molecule has 0 radical (unpaired) electrons. The van der Waals surface area contributed by atoms with Gasteiger partial charge in [-0.25, -0.2) is 0 Å². The first kappa shape index (κ1) is 17.1. The van der Waals surface area contributed by atoms with E-state index in [2.05, 4.69) is 26.9 Å². The highest BCUT2D eigenvalue weighted by molar-refractivity contribution is 7.17. The van der Waals surface area contributed by atoms with Crippen molar-refractivity contribution >= 4 is 21.6 Å². The molecule has 0 aliphatic carbocycles. The molecule has 8 heteroatoms. The van der Waals surface area contributed by atoms with Gasteiger partial charge in [-0.15, -0.1) is 11.3 Å². The summed E-state index contributed by atoms with van der Waals surface area (Å²) in [5, 5.41) is 25.1. The standard InChI is InChI=1S/C18H11N5O2S/c19-9-13-16(24)15-14(10-26-18(15)22-17(13)25)12-6-4-11(5-7-12)3-1-2-8-21-23-20/h4-7,10H,2,8H2,(H2,22,24,25). The molecule has 0 bridgehead atoms. The first-order valence-electron chi connectivity index (χ1n) is 7.52. The van der Waals surface area contributed by atoms with Crippen LogP contribution in [0.3, 0.4) is 0 Å². The van der Waals surface area contributed by atoms with Crippen molar-refractivity contribution in [3.63, 3.8) is 0 Å². The van der Waals surface area contributed by atoms with E-state index in [-0.39, 0.29) is 11.3 Å². The largest absolute Gasteiger partial charge is 0.506 e. The minimum absolute atomic E-state index is 0.292. The lowest BCUT2D eigenvalue weighted by Gasteiger charge is -2.03. The molecule has 0 amide bonds. The molecule has 3 rings (SSSR count). The van der Waals surface area contributed by atoms with Crippen molar-refractivity contribution in [3.8, 4) is 34.8 Å². The second-order valence-electron chi connectivity index (χ2n) is 5.23. The van der Waals surface area contributed by atoms with E-state index < -0.39 is 5.56 Å². The van der Waals surface area contributed by atoms with E-state index in [1.807, 2.05) is 29.6 Å². The van der Waals surface area contributed by atoms with Crippen molar-refractivity contribution in [2.24, 2.45) is 5.11 Å². The van der Waals surface area contributed by atoms with Gasteiger partial charge in [0, 0.05) is 34.4 Å². The Bertz CT molecular complexity index is 1180. The number of aromatic hydroxyl groups is 1. The van der Waals surface area contributed by atoms with Crippen LogP contribution in [0.2, 0.25) is 0 Å². The summed E-state index contributed by atoms with van der Waals surface area (Å²) in [6.07, 6.45) is 0.485. The van der Waals surface area contributed by atoms with Gasteiger partial charge >= 0.3 is 0 Å². The number of rotatable bonds is 3. The van der Waals surface area contributed by atoms with Gasteiger partial charge in [0.15, 0.2) is 5.56 Å². The van der Waals surface area contributed by atoms with E-state index in [1.165, 1.54) is 11.3 Å². The monoisotopic (exact) mass is 361 g/mol. The first-order valence-corrected chi connectivity index (χ1v) is 8.40. The summed E-state index contributed by atoms with van der Waals surface area (Å²) in [6, 6.07) is 9.13.